The third kappa shape index (κ3) is 3.24. The third-order valence-electron chi connectivity index (χ3n) is 3.65. The molecule has 2 rings (SSSR count). The summed E-state index contributed by atoms with van der Waals surface area (Å²) in [6.07, 6.45) is 0.963. The molecule has 0 saturated carbocycles. The number of rotatable bonds is 4. The summed E-state index contributed by atoms with van der Waals surface area (Å²) in [4.78, 5) is 1.82. The fourth-order valence-electron chi connectivity index (χ4n) is 2.59. The first kappa shape index (κ1) is 14.3. The van der Waals surface area contributed by atoms with Crippen molar-refractivity contribution < 1.29 is 8.78 Å². The molecule has 0 radical (unpaired) electrons. The van der Waals surface area contributed by atoms with E-state index in [-0.39, 0.29) is 11.1 Å². The number of hydrogen-bond acceptors (Lipinski definition) is 2. The van der Waals surface area contributed by atoms with Crippen molar-refractivity contribution in [3.63, 3.8) is 0 Å². The molecule has 2 nitrogen and oxygen atoms in total. The van der Waals surface area contributed by atoms with Gasteiger partial charge in [0.2, 0.25) is 0 Å². The zero-order chi connectivity index (χ0) is 14.0. The second-order valence-electron chi connectivity index (χ2n) is 6.02. The molecule has 0 unspecified atom stereocenters. The van der Waals surface area contributed by atoms with Crippen LogP contribution in [0.25, 0.3) is 0 Å². The number of anilines is 1. The number of nitrogens with one attached hydrogen (secondary N) is 1. The molecule has 1 aliphatic rings. The maximum absolute atomic E-state index is 14.1. The molecule has 1 N–H and O–H groups in total. The standard InChI is InChI=1S/C15H22F2N2/c1-4-18-9-11-7-12(16)14(13(17)8-11)19-6-5-15(2,3)10-19/h7-8,18H,4-6,9-10H2,1-3H3. The molecule has 1 aromatic carbocycles. The molecule has 0 aliphatic carbocycles. The lowest BCUT2D eigenvalue weighted by Crippen LogP contribution is -2.25. The molecule has 0 bridgehead atoms. The second kappa shape index (κ2) is 5.45. The Labute approximate surface area is 113 Å². The number of halogens is 2. The maximum Gasteiger partial charge on any atom is 0.149 e. The van der Waals surface area contributed by atoms with Gasteiger partial charge in [0.05, 0.1) is 0 Å². The highest BCUT2D eigenvalue weighted by Crippen LogP contribution is 2.35. The molecule has 1 aliphatic heterocycles. The molecule has 1 aromatic rings. The summed E-state index contributed by atoms with van der Waals surface area (Å²) in [6, 6.07) is 2.87. The van der Waals surface area contributed by atoms with Gasteiger partial charge in [0, 0.05) is 19.6 Å². The van der Waals surface area contributed by atoms with Crippen LogP contribution < -0.4 is 10.2 Å². The van der Waals surface area contributed by atoms with Crippen LogP contribution in [0.3, 0.4) is 0 Å². The predicted octanol–water partition coefficient (Wildman–Crippen LogP) is 3.31. The monoisotopic (exact) mass is 268 g/mol. The van der Waals surface area contributed by atoms with E-state index in [1.165, 1.54) is 12.1 Å². The largest absolute Gasteiger partial charge is 0.366 e. The van der Waals surface area contributed by atoms with Crippen LogP contribution in [-0.4, -0.2) is 19.6 Å². The maximum atomic E-state index is 14.1. The Balaban J connectivity index is 2.22. The topological polar surface area (TPSA) is 15.3 Å². The Kier molecular flexibility index (Phi) is 4.09. The van der Waals surface area contributed by atoms with E-state index in [1.807, 2.05) is 11.8 Å². The van der Waals surface area contributed by atoms with Gasteiger partial charge in [-0.1, -0.05) is 20.8 Å². The van der Waals surface area contributed by atoms with Crippen molar-refractivity contribution in [2.75, 3.05) is 24.5 Å². The number of nitrogens with zero attached hydrogens (tertiary/aromatic N) is 1. The van der Waals surface area contributed by atoms with Gasteiger partial charge in [-0.05, 0) is 36.1 Å². The Morgan fingerprint density at radius 2 is 1.89 bits per heavy atom. The molecule has 19 heavy (non-hydrogen) atoms. The van der Waals surface area contributed by atoms with E-state index >= 15 is 0 Å². The van der Waals surface area contributed by atoms with Gasteiger partial charge in [-0.25, -0.2) is 8.78 Å². The number of hydrogen-bond donors (Lipinski definition) is 1. The van der Waals surface area contributed by atoms with Crippen LogP contribution in [0, 0.1) is 17.0 Å². The van der Waals surface area contributed by atoms with Crippen molar-refractivity contribution in [2.24, 2.45) is 5.41 Å². The zero-order valence-electron chi connectivity index (χ0n) is 11.9. The van der Waals surface area contributed by atoms with Gasteiger partial charge in [0.15, 0.2) is 0 Å². The van der Waals surface area contributed by atoms with Gasteiger partial charge in [0.25, 0.3) is 0 Å². The summed E-state index contributed by atoms with van der Waals surface area (Å²) in [7, 11) is 0. The fraction of sp³-hybridized carbons (Fsp3) is 0.600. The second-order valence-corrected chi connectivity index (χ2v) is 6.02. The van der Waals surface area contributed by atoms with Crippen LogP contribution in [0.5, 0.6) is 0 Å². The lowest BCUT2D eigenvalue weighted by Gasteiger charge is -2.23. The van der Waals surface area contributed by atoms with Crippen molar-refractivity contribution >= 4 is 5.69 Å². The lowest BCUT2D eigenvalue weighted by atomic mass is 9.93. The third-order valence-corrected chi connectivity index (χ3v) is 3.65. The Morgan fingerprint density at radius 1 is 1.26 bits per heavy atom. The average molecular weight is 268 g/mol. The van der Waals surface area contributed by atoms with E-state index in [9.17, 15) is 8.78 Å². The summed E-state index contributed by atoms with van der Waals surface area (Å²) in [5.41, 5.74) is 0.909. The molecular weight excluding hydrogens is 246 g/mol. The SMILES string of the molecule is CCNCc1cc(F)c(N2CCC(C)(C)C2)c(F)c1. The molecule has 106 valence electrons. The first-order chi connectivity index (χ1) is 8.93. The van der Waals surface area contributed by atoms with E-state index < -0.39 is 11.6 Å². The van der Waals surface area contributed by atoms with Crippen molar-refractivity contribution in [2.45, 2.75) is 33.7 Å². The Bertz CT molecular complexity index is 434. The van der Waals surface area contributed by atoms with Crippen LogP contribution in [0.15, 0.2) is 12.1 Å². The molecular formula is C15H22F2N2. The van der Waals surface area contributed by atoms with Gasteiger partial charge in [0.1, 0.15) is 17.3 Å². The van der Waals surface area contributed by atoms with Crippen LogP contribution >= 0.6 is 0 Å². The van der Waals surface area contributed by atoms with Crippen molar-refractivity contribution in [1.82, 2.24) is 5.32 Å². The van der Waals surface area contributed by atoms with Crippen LogP contribution in [0.4, 0.5) is 14.5 Å². The average Bonchev–Trinajstić information content (AvgIpc) is 2.66. The van der Waals surface area contributed by atoms with Crippen molar-refractivity contribution in [1.29, 1.82) is 0 Å². The van der Waals surface area contributed by atoms with Crippen LogP contribution in [-0.2, 0) is 6.54 Å². The smallest absolute Gasteiger partial charge is 0.149 e. The minimum absolute atomic E-state index is 0.126. The van der Waals surface area contributed by atoms with Gasteiger partial charge in [-0.2, -0.15) is 0 Å². The highest BCUT2D eigenvalue weighted by Gasteiger charge is 2.32. The molecule has 1 saturated heterocycles. The summed E-state index contributed by atoms with van der Waals surface area (Å²) >= 11 is 0. The van der Waals surface area contributed by atoms with Crippen molar-refractivity contribution in [3.05, 3.63) is 29.3 Å². The highest BCUT2D eigenvalue weighted by atomic mass is 19.1. The zero-order valence-corrected chi connectivity index (χ0v) is 11.9. The molecule has 0 atom stereocenters. The summed E-state index contributed by atoms with van der Waals surface area (Å²) < 4.78 is 28.3. The minimum Gasteiger partial charge on any atom is -0.366 e. The molecule has 1 fully saturated rings. The Morgan fingerprint density at radius 3 is 2.37 bits per heavy atom. The first-order valence-corrected chi connectivity index (χ1v) is 6.86. The van der Waals surface area contributed by atoms with E-state index in [0.717, 1.165) is 13.0 Å². The molecule has 4 heteroatoms. The fourth-order valence-corrected chi connectivity index (χ4v) is 2.59. The van der Waals surface area contributed by atoms with Crippen molar-refractivity contribution in [3.8, 4) is 0 Å². The van der Waals surface area contributed by atoms with E-state index in [1.54, 1.807) is 0 Å². The first-order valence-electron chi connectivity index (χ1n) is 6.86. The minimum atomic E-state index is -0.453. The van der Waals surface area contributed by atoms with Gasteiger partial charge < -0.3 is 10.2 Å². The van der Waals surface area contributed by atoms with Gasteiger partial charge in [-0.15, -0.1) is 0 Å². The summed E-state index contributed by atoms with van der Waals surface area (Å²) in [6.45, 7) is 8.92. The predicted molar refractivity (Wildman–Crippen MR) is 74.3 cm³/mol. The van der Waals surface area contributed by atoms with E-state index in [2.05, 4.69) is 19.2 Å². The molecule has 1 heterocycles. The summed E-state index contributed by atoms with van der Waals surface area (Å²) in [5.74, 6) is -0.906. The lowest BCUT2D eigenvalue weighted by molar-refractivity contribution is 0.417. The number of benzene rings is 1. The molecule has 0 spiro atoms. The van der Waals surface area contributed by atoms with Crippen LogP contribution in [0.1, 0.15) is 32.8 Å². The Hall–Kier alpha value is -1.16. The van der Waals surface area contributed by atoms with E-state index in [4.69, 9.17) is 0 Å². The normalized spacial score (nSPS) is 18.1. The van der Waals surface area contributed by atoms with Gasteiger partial charge >= 0.3 is 0 Å². The summed E-state index contributed by atoms with van der Waals surface area (Å²) in [5, 5.41) is 3.07. The van der Waals surface area contributed by atoms with Crippen LogP contribution in [0.2, 0.25) is 0 Å². The highest BCUT2D eigenvalue weighted by molar-refractivity contribution is 5.52. The van der Waals surface area contributed by atoms with E-state index in [0.29, 0.717) is 25.2 Å². The van der Waals surface area contributed by atoms with Gasteiger partial charge in [-0.3, -0.25) is 0 Å². The quantitative estimate of drug-likeness (QED) is 0.901. The molecule has 0 amide bonds. The molecule has 0 aromatic heterocycles.